The molecule has 8 nitrogen and oxygen atoms in total. The first kappa shape index (κ1) is 23.4. The number of halogens is 1. The van der Waals surface area contributed by atoms with Gasteiger partial charge in [-0.3, -0.25) is 19.3 Å². The van der Waals surface area contributed by atoms with Gasteiger partial charge >= 0.3 is 6.03 Å². The maximum Gasteiger partial charge on any atom is 0.325 e. The number of nitrogens with zero attached hydrogens (tertiary/aromatic N) is 2. The number of fused-ring (bicyclic) bond motifs is 1. The van der Waals surface area contributed by atoms with Crippen molar-refractivity contribution in [1.82, 2.24) is 10.2 Å². The number of anilines is 2. The Bertz CT molecular complexity index is 1140. The predicted molar refractivity (Wildman–Crippen MR) is 124 cm³/mol. The van der Waals surface area contributed by atoms with Crippen LogP contribution in [0.15, 0.2) is 48.5 Å². The number of imide groups is 1. The van der Waals surface area contributed by atoms with Crippen molar-refractivity contribution < 1.29 is 23.6 Å². The summed E-state index contributed by atoms with van der Waals surface area (Å²) in [5.41, 5.74) is 0.111. The first-order chi connectivity index (χ1) is 16.3. The van der Waals surface area contributed by atoms with Crippen molar-refractivity contribution in [2.75, 3.05) is 16.8 Å². The van der Waals surface area contributed by atoms with E-state index in [2.05, 4.69) is 10.6 Å². The Kier molecular flexibility index (Phi) is 6.37. The topological polar surface area (TPSA) is 98.8 Å². The van der Waals surface area contributed by atoms with E-state index >= 15 is 0 Å². The molecule has 9 heteroatoms. The van der Waals surface area contributed by atoms with Gasteiger partial charge in [0.25, 0.3) is 5.91 Å². The Morgan fingerprint density at radius 2 is 1.82 bits per heavy atom. The molecule has 2 aliphatic heterocycles. The molecule has 2 aromatic carbocycles. The molecule has 0 aliphatic carbocycles. The number of hydrogen-bond donors (Lipinski definition) is 2. The quantitative estimate of drug-likeness (QED) is 0.637. The van der Waals surface area contributed by atoms with Gasteiger partial charge < -0.3 is 15.5 Å². The number of benzene rings is 2. The third-order valence-electron chi connectivity index (χ3n) is 6.34. The van der Waals surface area contributed by atoms with Gasteiger partial charge in [-0.2, -0.15) is 0 Å². The van der Waals surface area contributed by atoms with E-state index in [1.165, 1.54) is 29.2 Å². The van der Waals surface area contributed by atoms with E-state index in [9.17, 15) is 23.6 Å². The molecule has 5 amide bonds. The Hall–Kier alpha value is -3.75. The van der Waals surface area contributed by atoms with Gasteiger partial charge in [0, 0.05) is 12.5 Å². The minimum atomic E-state index is -1.36. The van der Waals surface area contributed by atoms with Crippen molar-refractivity contribution in [3.05, 3.63) is 59.9 Å². The number of unbranched alkanes of at least 4 members (excludes halogenated alkanes) is 1. The van der Waals surface area contributed by atoms with Crippen molar-refractivity contribution in [2.45, 2.75) is 51.1 Å². The fraction of sp³-hybridized carbons (Fsp3) is 0.360. The molecule has 0 aromatic heterocycles. The van der Waals surface area contributed by atoms with Crippen molar-refractivity contribution in [3.8, 4) is 0 Å². The van der Waals surface area contributed by atoms with E-state index in [1.807, 2.05) is 6.92 Å². The maximum atomic E-state index is 13.6. The van der Waals surface area contributed by atoms with Gasteiger partial charge in [0.15, 0.2) is 0 Å². The van der Waals surface area contributed by atoms with Crippen LogP contribution in [-0.2, 0) is 19.9 Å². The minimum Gasteiger partial charge on any atom is -0.324 e. The fourth-order valence-corrected chi connectivity index (χ4v) is 4.63. The summed E-state index contributed by atoms with van der Waals surface area (Å²) in [5, 5.41) is 5.56. The summed E-state index contributed by atoms with van der Waals surface area (Å²) >= 11 is 0. The van der Waals surface area contributed by atoms with Crippen molar-refractivity contribution in [3.63, 3.8) is 0 Å². The number of rotatable bonds is 6. The zero-order valence-electron chi connectivity index (χ0n) is 19.1. The highest BCUT2D eigenvalue weighted by Crippen LogP contribution is 2.35. The summed E-state index contributed by atoms with van der Waals surface area (Å²) in [4.78, 5) is 54.6. The van der Waals surface area contributed by atoms with E-state index in [0.717, 1.165) is 11.3 Å². The van der Waals surface area contributed by atoms with E-state index in [4.69, 9.17) is 0 Å². The van der Waals surface area contributed by atoms with Gasteiger partial charge in [0.05, 0.1) is 11.4 Å². The Morgan fingerprint density at radius 3 is 2.53 bits per heavy atom. The summed E-state index contributed by atoms with van der Waals surface area (Å²) in [6, 6.07) is 11.2. The average Bonchev–Trinajstić information content (AvgIpc) is 2.95. The standard InChI is InChI=1S/C25H27FN4O4/c1-3-4-13-25(17-9-11-18(26)12-10-17)23(33)29(24(34)28-25)15-22(32)30-16(2)14-21(31)27-19-7-5-6-8-20(19)30/h5-12,16H,3-4,13-15H2,1-2H3,(H,27,31)(H,28,34)/t16-,25-/m1/s1. The molecule has 0 saturated carbocycles. The summed E-state index contributed by atoms with van der Waals surface area (Å²) in [7, 11) is 0. The molecule has 2 atom stereocenters. The lowest BCUT2D eigenvalue weighted by Gasteiger charge is -2.30. The fourth-order valence-electron chi connectivity index (χ4n) is 4.63. The highest BCUT2D eigenvalue weighted by Gasteiger charge is 2.52. The predicted octanol–water partition coefficient (Wildman–Crippen LogP) is 3.53. The van der Waals surface area contributed by atoms with Crippen LogP contribution in [0.2, 0.25) is 0 Å². The molecule has 0 spiro atoms. The highest BCUT2D eigenvalue weighted by atomic mass is 19.1. The van der Waals surface area contributed by atoms with Crippen LogP contribution >= 0.6 is 0 Å². The zero-order chi connectivity index (χ0) is 24.5. The first-order valence-electron chi connectivity index (χ1n) is 11.4. The molecule has 34 heavy (non-hydrogen) atoms. The van der Waals surface area contributed by atoms with Gasteiger partial charge in [-0.15, -0.1) is 0 Å². The van der Waals surface area contributed by atoms with Crippen LogP contribution in [0.1, 0.15) is 45.1 Å². The molecule has 0 radical (unpaired) electrons. The first-order valence-corrected chi connectivity index (χ1v) is 11.4. The molecule has 4 rings (SSSR count). The zero-order valence-corrected chi connectivity index (χ0v) is 19.1. The molecule has 178 valence electrons. The summed E-state index contributed by atoms with van der Waals surface area (Å²) in [6.07, 6.45) is 1.84. The molecule has 2 N–H and O–H groups in total. The highest BCUT2D eigenvalue weighted by molar-refractivity contribution is 6.12. The third-order valence-corrected chi connectivity index (χ3v) is 6.34. The SMILES string of the molecule is CCCC[C@]1(c2ccc(F)cc2)NC(=O)N(CC(=O)N2c3ccccc3NC(=O)C[C@H]2C)C1=O. The van der Waals surface area contributed by atoms with Crippen LogP contribution in [0, 0.1) is 5.82 Å². The second kappa shape index (κ2) is 9.24. The Balaban J connectivity index is 1.64. The number of carbonyl (C=O) groups is 4. The lowest BCUT2D eigenvalue weighted by Crippen LogP contribution is -2.48. The molecule has 2 aliphatic rings. The molecule has 1 fully saturated rings. The van der Waals surface area contributed by atoms with Crippen molar-refractivity contribution in [2.24, 2.45) is 0 Å². The maximum absolute atomic E-state index is 13.6. The second-order valence-corrected chi connectivity index (χ2v) is 8.72. The smallest absolute Gasteiger partial charge is 0.324 e. The molecular formula is C25H27FN4O4. The summed E-state index contributed by atoms with van der Waals surface area (Å²) < 4.78 is 13.5. The molecule has 1 saturated heterocycles. The number of urea groups is 1. The number of hydrogen-bond acceptors (Lipinski definition) is 4. The van der Waals surface area contributed by atoms with E-state index < -0.39 is 41.8 Å². The molecular weight excluding hydrogens is 439 g/mol. The minimum absolute atomic E-state index is 0.0799. The second-order valence-electron chi connectivity index (χ2n) is 8.72. The van der Waals surface area contributed by atoms with E-state index in [1.54, 1.807) is 31.2 Å². The Labute approximate surface area is 197 Å². The monoisotopic (exact) mass is 466 g/mol. The molecule has 2 aromatic rings. The number of para-hydroxylation sites is 2. The van der Waals surface area contributed by atoms with Crippen LogP contribution in [0.5, 0.6) is 0 Å². The summed E-state index contributed by atoms with van der Waals surface area (Å²) in [6.45, 7) is 3.23. The number of amides is 5. The normalized spacial score (nSPS) is 22.2. The number of carbonyl (C=O) groups excluding carboxylic acids is 4. The van der Waals surface area contributed by atoms with Gasteiger partial charge in [0.1, 0.15) is 17.9 Å². The van der Waals surface area contributed by atoms with E-state index in [-0.39, 0.29) is 12.3 Å². The lowest BCUT2D eigenvalue weighted by atomic mass is 9.85. The van der Waals surface area contributed by atoms with E-state index in [0.29, 0.717) is 29.8 Å². The molecule has 2 heterocycles. The molecule has 0 bridgehead atoms. The summed E-state index contributed by atoms with van der Waals surface area (Å²) in [5.74, 6) is -1.70. The van der Waals surface area contributed by atoms with Gasteiger partial charge in [-0.1, -0.05) is 44.0 Å². The number of nitrogens with one attached hydrogen (secondary N) is 2. The van der Waals surface area contributed by atoms with Gasteiger partial charge in [0.2, 0.25) is 11.8 Å². The third kappa shape index (κ3) is 4.13. The van der Waals surface area contributed by atoms with Crippen molar-refractivity contribution >= 4 is 35.1 Å². The van der Waals surface area contributed by atoms with Crippen LogP contribution in [0.4, 0.5) is 20.6 Å². The van der Waals surface area contributed by atoms with Crippen molar-refractivity contribution in [1.29, 1.82) is 0 Å². The average molecular weight is 467 g/mol. The van der Waals surface area contributed by atoms with Gasteiger partial charge in [-0.05, 0) is 43.2 Å². The van der Waals surface area contributed by atoms with Crippen LogP contribution < -0.4 is 15.5 Å². The molecule has 0 unspecified atom stereocenters. The largest absolute Gasteiger partial charge is 0.325 e. The Morgan fingerprint density at radius 1 is 1.12 bits per heavy atom. The lowest BCUT2D eigenvalue weighted by molar-refractivity contribution is -0.135. The van der Waals surface area contributed by atoms with Crippen LogP contribution in [0.25, 0.3) is 0 Å². The van der Waals surface area contributed by atoms with Crippen LogP contribution in [-0.4, -0.2) is 41.2 Å². The van der Waals surface area contributed by atoms with Gasteiger partial charge in [-0.25, -0.2) is 9.18 Å². The van der Waals surface area contributed by atoms with Crippen LogP contribution in [0.3, 0.4) is 0 Å².